The van der Waals surface area contributed by atoms with E-state index in [1.165, 1.54) is 11.0 Å². The SMILES string of the molecule is CCc1ccc(/C(=C\S(=O)(=O)c2ccc(C)cc2)[Se]c2ccccc2)cc1. The summed E-state index contributed by atoms with van der Waals surface area (Å²) in [7, 11) is -3.51. The number of aryl methyl sites for hydroxylation is 2. The van der Waals surface area contributed by atoms with Gasteiger partial charge >= 0.3 is 168 Å². The van der Waals surface area contributed by atoms with Crippen molar-refractivity contribution in [2.75, 3.05) is 0 Å². The van der Waals surface area contributed by atoms with Gasteiger partial charge in [-0.15, -0.1) is 0 Å². The van der Waals surface area contributed by atoms with Gasteiger partial charge in [-0.25, -0.2) is 0 Å². The number of benzene rings is 3. The van der Waals surface area contributed by atoms with Crippen LogP contribution in [0.25, 0.3) is 4.47 Å². The van der Waals surface area contributed by atoms with Crippen LogP contribution in [0.2, 0.25) is 0 Å². The Balaban J connectivity index is 2.04. The molecule has 0 bridgehead atoms. The minimum atomic E-state index is -3.51. The van der Waals surface area contributed by atoms with Crippen molar-refractivity contribution in [2.24, 2.45) is 0 Å². The predicted octanol–water partition coefficient (Wildman–Crippen LogP) is 4.36. The quantitative estimate of drug-likeness (QED) is 0.533. The average Bonchev–Trinajstić information content (AvgIpc) is 2.68. The van der Waals surface area contributed by atoms with E-state index in [0.29, 0.717) is 4.90 Å². The Hall–Kier alpha value is -2.13. The molecule has 0 unspecified atom stereocenters. The van der Waals surface area contributed by atoms with E-state index in [-0.39, 0.29) is 15.0 Å². The first-order chi connectivity index (χ1) is 13.0. The maximum absolute atomic E-state index is 13.0. The van der Waals surface area contributed by atoms with Gasteiger partial charge in [0.2, 0.25) is 0 Å². The van der Waals surface area contributed by atoms with Crippen molar-refractivity contribution < 1.29 is 8.42 Å². The molecule has 0 aliphatic carbocycles. The molecule has 3 aromatic carbocycles. The van der Waals surface area contributed by atoms with Crippen LogP contribution in [0.15, 0.2) is 89.2 Å². The Morgan fingerprint density at radius 3 is 2.11 bits per heavy atom. The summed E-state index contributed by atoms with van der Waals surface area (Å²) in [6.45, 7) is 4.06. The Morgan fingerprint density at radius 2 is 1.52 bits per heavy atom. The predicted molar refractivity (Wildman–Crippen MR) is 114 cm³/mol. The second-order valence-electron chi connectivity index (χ2n) is 6.31. The number of sulfone groups is 1. The van der Waals surface area contributed by atoms with Gasteiger partial charge in [0, 0.05) is 0 Å². The van der Waals surface area contributed by atoms with Crippen LogP contribution in [0.4, 0.5) is 0 Å². The van der Waals surface area contributed by atoms with Crippen molar-refractivity contribution in [3.8, 4) is 0 Å². The van der Waals surface area contributed by atoms with Crippen molar-refractivity contribution in [2.45, 2.75) is 25.2 Å². The molecule has 0 aromatic heterocycles. The Bertz CT molecular complexity index is 1020. The van der Waals surface area contributed by atoms with Gasteiger partial charge in [0.25, 0.3) is 0 Å². The molecule has 0 saturated heterocycles. The van der Waals surface area contributed by atoms with E-state index in [1.807, 2.05) is 61.5 Å². The van der Waals surface area contributed by atoms with Gasteiger partial charge < -0.3 is 0 Å². The fourth-order valence-electron chi connectivity index (χ4n) is 2.61. The maximum atomic E-state index is 13.0. The summed E-state index contributed by atoms with van der Waals surface area (Å²) in [5, 5.41) is 1.45. The molecule has 3 aromatic rings. The van der Waals surface area contributed by atoms with E-state index < -0.39 is 9.84 Å². The van der Waals surface area contributed by atoms with Gasteiger partial charge in [0.05, 0.1) is 0 Å². The van der Waals surface area contributed by atoms with Crippen molar-refractivity contribution in [3.05, 3.63) is 101 Å². The summed E-state index contributed by atoms with van der Waals surface area (Å²) < 4.78 is 28.0. The Labute approximate surface area is 168 Å². The van der Waals surface area contributed by atoms with Gasteiger partial charge in [0.1, 0.15) is 0 Å². The molecule has 0 fully saturated rings. The van der Waals surface area contributed by atoms with E-state index in [2.05, 4.69) is 19.1 Å². The minimum absolute atomic E-state index is 0.104. The molecule has 0 heterocycles. The monoisotopic (exact) mass is 442 g/mol. The summed E-state index contributed by atoms with van der Waals surface area (Å²) >= 11 is -0.104. The molecule has 3 rings (SSSR count). The molecule has 0 amide bonds. The molecule has 0 aliphatic rings. The van der Waals surface area contributed by atoms with Crippen LogP contribution < -0.4 is 4.46 Å². The molecule has 0 spiro atoms. The molecule has 27 heavy (non-hydrogen) atoms. The third-order valence-electron chi connectivity index (χ3n) is 4.23. The van der Waals surface area contributed by atoms with Gasteiger partial charge in [0.15, 0.2) is 0 Å². The second kappa shape index (κ2) is 8.71. The zero-order valence-electron chi connectivity index (χ0n) is 15.4. The van der Waals surface area contributed by atoms with Gasteiger partial charge in [-0.3, -0.25) is 0 Å². The molecule has 138 valence electrons. The zero-order valence-corrected chi connectivity index (χ0v) is 18.0. The van der Waals surface area contributed by atoms with Crippen LogP contribution >= 0.6 is 0 Å². The van der Waals surface area contributed by atoms with Crippen LogP contribution in [0.3, 0.4) is 0 Å². The molecule has 0 atom stereocenters. The molecular weight excluding hydrogens is 419 g/mol. The zero-order chi connectivity index (χ0) is 19.3. The fourth-order valence-corrected chi connectivity index (χ4v) is 6.51. The topological polar surface area (TPSA) is 34.1 Å². The Kier molecular flexibility index (Phi) is 6.33. The number of hydrogen-bond donors (Lipinski definition) is 0. The van der Waals surface area contributed by atoms with Gasteiger partial charge in [-0.2, -0.15) is 0 Å². The van der Waals surface area contributed by atoms with Crippen molar-refractivity contribution in [3.63, 3.8) is 0 Å². The van der Waals surface area contributed by atoms with E-state index >= 15 is 0 Å². The fraction of sp³-hybridized carbons (Fsp3) is 0.130. The van der Waals surface area contributed by atoms with E-state index in [4.69, 9.17) is 0 Å². The van der Waals surface area contributed by atoms with E-state index in [1.54, 1.807) is 12.1 Å². The molecule has 0 N–H and O–H groups in total. The molecule has 0 radical (unpaired) electrons. The van der Waals surface area contributed by atoms with Crippen LogP contribution in [0.1, 0.15) is 23.6 Å². The second-order valence-corrected chi connectivity index (χ2v) is 10.4. The molecule has 0 saturated carbocycles. The van der Waals surface area contributed by atoms with Crippen LogP contribution in [0.5, 0.6) is 0 Å². The first-order valence-electron chi connectivity index (χ1n) is 8.83. The van der Waals surface area contributed by atoms with Crippen LogP contribution in [-0.4, -0.2) is 23.4 Å². The first kappa shape index (κ1) is 19.6. The third kappa shape index (κ3) is 5.20. The van der Waals surface area contributed by atoms with Gasteiger partial charge in [-0.1, -0.05) is 0 Å². The van der Waals surface area contributed by atoms with Crippen molar-refractivity contribution in [1.82, 2.24) is 0 Å². The summed E-state index contributed by atoms with van der Waals surface area (Å²) in [6, 6.07) is 25.3. The summed E-state index contributed by atoms with van der Waals surface area (Å²) in [5.74, 6) is 0. The molecule has 0 aliphatic heterocycles. The molecular formula is C23H22O2SSe. The third-order valence-corrected chi connectivity index (χ3v) is 8.31. The van der Waals surface area contributed by atoms with E-state index in [0.717, 1.165) is 26.5 Å². The van der Waals surface area contributed by atoms with Crippen molar-refractivity contribution in [1.29, 1.82) is 0 Å². The normalized spacial score (nSPS) is 12.1. The first-order valence-corrected chi connectivity index (χ1v) is 12.1. The van der Waals surface area contributed by atoms with Crippen molar-refractivity contribution >= 4 is 33.7 Å². The van der Waals surface area contributed by atoms with Gasteiger partial charge in [-0.05, 0) is 0 Å². The van der Waals surface area contributed by atoms with Crippen LogP contribution in [-0.2, 0) is 16.3 Å². The molecule has 4 heteroatoms. The average molecular weight is 441 g/mol. The standard InChI is InChI=1S/C23H22O2SSe/c1-3-19-11-13-20(14-12-19)23(27-22-7-5-4-6-8-22)17-26(24,25)21-15-9-18(2)10-16-21/h4-17H,3H2,1-2H3/b23-17+. The van der Waals surface area contributed by atoms with E-state index in [9.17, 15) is 8.42 Å². The number of hydrogen-bond acceptors (Lipinski definition) is 2. The summed E-state index contributed by atoms with van der Waals surface area (Å²) in [4.78, 5) is 0.333. The summed E-state index contributed by atoms with van der Waals surface area (Å²) in [5.41, 5.74) is 3.25. The number of rotatable bonds is 6. The summed E-state index contributed by atoms with van der Waals surface area (Å²) in [6.07, 6.45) is 0.963. The Morgan fingerprint density at radius 1 is 0.889 bits per heavy atom. The molecule has 2 nitrogen and oxygen atoms in total. The van der Waals surface area contributed by atoms with Crippen LogP contribution in [0, 0.1) is 6.92 Å².